The van der Waals surface area contributed by atoms with Gasteiger partial charge in [0.2, 0.25) is 5.91 Å². The summed E-state index contributed by atoms with van der Waals surface area (Å²) in [5.74, 6) is -0.918. The minimum Gasteiger partial charge on any atom is -0.481 e. The number of hydrogen-bond donors (Lipinski definition) is 2. The Balaban J connectivity index is 1.52. The minimum atomic E-state index is -0.829. The summed E-state index contributed by atoms with van der Waals surface area (Å²) in [4.78, 5) is 37.4. The second kappa shape index (κ2) is 12.2. The smallest absolute Gasteiger partial charge is 0.407 e. The molecule has 0 saturated heterocycles. The standard InChI is InChI=1S/C27H34N2O5/c1-3-10-19(17-25(30)29(2)16-9-8-15-26(31)32)28-27(33)34-18-24-22-13-6-4-11-20(22)21-12-5-7-14-23(21)24/h4-7,11-14,19,24H,3,8-10,15-18H2,1-2H3,(H,28,33)(H,31,32)/t19-/m1/s1. The highest BCUT2D eigenvalue weighted by Crippen LogP contribution is 2.44. The Bertz CT molecular complexity index is 961. The SMILES string of the molecule is CCC[C@H](CC(=O)N(C)CCCCC(=O)O)NC(=O)OCC1c2ccccc2-c2ccccc21. The maximum absolute atomic E-state index is 12.6. The van der Waals surface area contributed by atoms with Crippen molar-refractivity contribution in [1.82, 2.24) is 10.2 Å². The molecule has 0 heterocycles. The first-order valence-corrected chi connectivity index (χ1v) is 12.0. The molecule has 34 heavy (non-hydrogen) atoms. The third-order valence-corrected chi connectivity index (χ3v) is 6.28. The monoisotopic (exact) mass is 466 g/mol. The van der Waals surface area contributed by atoms with Crippen LogP contribution in [0.25, 0.3) is 11.1 Å². The Morgan fingerprint density at radius 3 is 2.24 bits per heavy atom. The number of carboxylic acid groups (broad SMARTS) is 1. The van der Waals surface area contributed by atoms with Crippen LogP contribution < -0.4 is 5.32 Å². The molecule has 0 spiro atoms. The van der Waals surface area contributed by atoms with Crippen molar-refractivity contribution in [3.8, 4) is 11.1 Å². The first kappa shape index (κ1) is 25.3. The fourth-order valence-corrected chi connectivity index (χ4v) is 4.50. The van der Waals surface area contributed by atoms with Gasteiger partial charge in [-0.3, -0.25) is 9.59 Å². The third-order valence-electron chi connectivity index (χ3n) is 6.28. The zero-order valence-corrected chi connectivity index (χ0v) is 20.0. The number of aliphatic carboxylic acids is 1. The number of nitrogens with one attached hydrogen (secondary N) is 1. The molecule has 0 aromatic heterocycles. The largest absolute Gasteiger partial charge is 0.481 e. The number of unbranched alkanes of at least 4 members (excludes halogenated alkanes) is 1. The molecule has 2 aromatic carbocycles. The van der Waals surface area contributed by atoms with Crippen molar-refractivity contribution in [2.75, 3.05) is 20.2 Å². The van der Waals surface area contributed by atoms with Crippen LogP contribution in [0.4, 0.5) is 4.79 Å². The first-order valence-electron chi connectivity index (χ1n) is 12.0. The Kier molecular flexibility index (Phi) is 9.08. The van der Waals surface area contributed by atoms with Gasteiger partial charge in [0.05, 0.1) is 0 Å². The highest BCUT2D eigenvalue weighted by Gasteiger charge is 2.29. The number of rotatable bonds is 12. The average molecular weight is 467 g/mol. The molecular formula is C27H34N2O5. The molecule has 0 unspecified atom stereocenters. The zero-order chi connectivity index (χ0) is 24.5. The zero-order valence-electron chi connectivity index (χ0n) is 20.0. The molecule has 182 valence electrons. The molecule has 2 amide bonds. The van der Waals surface area contributed by atoms with Crippen molar-refractivity contribution in [1.29, 1.82) is 0 Å². The van der Waals surface area contributed by atoms with Crippen LogP contribution in [0, 0.1) is 0 Å². The molecule has 2 aromatic rings. The van der Waals surface area contributed by atoms with E-state index in [4.69, 9.17) is 9.84 Å². The van der Waals surface area contributed by atoms with Gasteiger partial charge in [-0.1, -0.05) is 61.9 Å². The lowest BCUT2D eigenvalue weighted by atomic mass is 9.98. The summed E-state index contributed by atoms with van der Waals surface area (Å²) in [6, 6.07) is 16.1. The number of hydrogen-bond acceptors (Lipinski definition) is 4. The van der Waals surface area contributed by atoms with Gasteiger partial charge >= 0.3 is 12.1 Å². The van der Waals surface area contributed by atoms with Crippen LogP contribution in [0.15, 0.2) is 48.5 Å². The fraction of sp³-hybridized carbons (Fsp3) is 0.444. The molecular weight excluding hydrogens is 432 g/mol. The predicted octanol–water partition coefficient (Wildman–Crippen LogP) is 4.80. The minimum absolute atomic E-state index is 0.0126. The number of nitrogens with zero attached hydrogens (tertiary/aromatic N) is 1. The van der Waals surface area contributed by atoms with Crippen LogP contribution in [0.2, 0.25) is 0 Å². The molecule has 2 N–H and O–H groups in total. The van der Waals surface area contributed by atoms with E-state index < -0.39 is 12.1 Å². The summed E-state index contributed by atoms with van der Waals surface area (Å²) in [6.07, 6.45) is 2.43. The van der Waals surface area contributed by atoms with Gasteiger partial charge < -0.3 is 20.1 Å². The van der Waals surface area contributed by atoms with E-state index in [1.165, 1.54) is 11.1 Å². The number of fused-ring (bicyclic) bond motifs is 3. The fourth-order valence-electron chi connectivity index (χ4n) is 4.50. The topological polar surface area (TPSA) is 95.9 Å². The quantitative estimate of drug-likeness (QED) is 0.438. The van der Waals surface area contributed by atoms with Crippen molar-refractivity contribution >= 4 is 18.0 Å². The Labute approximate surface area is 201 Å². The van der Waals surface area contributed by atoms with E-state index in [-0.39, 0.29) is 37.3 Å². The Morgan fingerprint density at radius 1 is 1.03 bits per heavy atom. The Morgan fingerprint density at radius 2 is 1.65 bits per heavy atom. The summed E-state index contributed by atoms with van der Waals surface area (Å²) in [5.41, 5.74) is 4.66. The number of amides is 2. The number of carbonyl (C=O) groups is 3. The van der Waals surface area contributed by atoms with Crippen molar-refractivity contribution in [2.24, 2.45) is 0 Å². The number of ether oxygens (including phenoxy) is 1. The van der Waals surface area contributed by atoms with Gasteiger partial charge in [0.25, 0.3) is 0 Å². The highest BCUT2D eigenvalue weighted by atomic mass is 16.5. The summed E-state index contributed by atoms with van der Waals surface area (Å²) in [7, 11) is 1.71. The maximum atomic E-state index is 12.6. The van der Waals surface area contributed by atoms with E-state index in [0.29, 0.717) is 25.8 Å². The van der Waals surface area contributed by atoms with E-state index in [0.717, 1.165) is 17.5 Å². The molecule has 0 saturated carbocycles. The van der Waals surface area contributed by atoms with E-state index in [1.54, 1.807) is 11.9 Å². The van der Waals surface area contributed by atoms with Gasteiger partial charge in [-0.25, -0.2) is 4.79 Å². The molecule has 1 aliphatic carbocycles. The molecule has 0 bridgehead atoms. The molecule has 0 aliphatic heterocycles. The number of carboxylic acids is 1. The van der Waals surface area contributed by atoms with Gasteiger partial charge in [0, 0.05) is 38.4 Å². The summed E-state index contributed by atoms with van der Waals surface area (Å²) in [5, 5.41) is 11.6. The first-order chi connectivity index (χ1) is 16.4. The third kappa shape index (κ3) is 6.59. The molecule has 7 heteroatoms. The van der Waals surface area contributed by atoms with E-state index in [9.17, 15) is 14.4 Å². The van der Waals surface area contributed by atoms with Gasteiger partial charge in [-0.15, -0.1) is 0 Å². The van der Waals surface area contributed by atoms with Crippen molar-refractivity contribution < 1.29 is 24.2 Å². The van der Waals surface area contributed by atoms with Crippen LogP contribution in [-0.2, 0) is 14.3 Å². The molecule has 1 aliphatic rings. The lowest BCUT2D eigenvalue weighted by molar-refractivity contribution is -0.137. The predicted molar refractivity (Wildman–Crippen MR) is 131 cm³/mol. The lowest BCUT2D eigenvalue weighted by Crippen LogP contribution is -2.40. The van der Waals surface area contributed by atoms with Gasteiger partial charge in [-0.05, 0) is 41.5 Å². The van der Waals surface area contributed by atoms with Gasteiger partial charge in [-0.2, -0.15) is 0 Å². The number of carbonyl (C=O) groups excluding carboxylic acids is 2. The molecule has 1 atom stereocenters. The maximum Gasteiger partial charge on any atom is 0.407 e. The van der Waals surface area contributed by atoms with Gasteiger partial charge in [0.1, 0.15) is 6.61 Å². The average Bonchev–Trinajstić information content (AvgIpc) is 3.14. The summed E-state index contributed by atoms with van der Waals surface area (Å²) >= 11 is 0. The second-order valence-electron chi connectivity index (χ2n) is 8.83. The second-order valence-corrected chi connectivity index (χ2v) is 8.83. The number of alkyl carbamates (subject to hydrolysis) is 1. The Hall–Kier alpha value is -3.35. The number of benzene rings is 2. The highest BCUT2D eigenvalue weighted by molar-refractivity contribution is 5.79. The molecule has 7 nitrogen and oxygen atoms in total. The van der Waals surface area contributed by atoms with Crippen LogP contribution in [-0.4, -0.2) is 54.2 Å². The summed E-state index contributed by atoms with van der Waals surface area (Å²) < 4.78 is 5.63. The van der Waals surface area contributed by atoms with Crippen molar-refractivity contribution in [3.63, 3.8) is 0 Å². The summed E-state index contributed by atoms with van der Waals surface area (Å²) in [6.45, 7) is 2.73. The van der Waals surface area contributed by atoms with Crippen LogP contribution >= 0.6 is 0 Å². The lowest BCUT2D eigenvalue weighted by Gasteiger charge is -2.23. The van der Waals surface area contributed by atoms with Crippen molar-refractivity contribution in [3.05, 3.63) is 59.7 Å². The van der Waals surface area contributed by atoms with Crippen LogP contribution in [0.1, 0.15) is 62.5 Å². The van der Waals surface area contributed by atoms with E-state index >= 15 is 0 Å². The normalized spacial score (nSPS) is 13.0. The molecule has 0 fully saturated rings. The van der Waals surface area contributed by atoms with Crippen molar-refractivity contribution in [2.45, 2.75) is 57.4 Å². The van der Waals surface area contributed by atoms with Crippen LogP contribution in [0.3, 0.4) is 0 Å². The van der Waals surface area contributed by atoms with Crippen LogP contribution in [0.5, 0.6) is 0 Å². The molecule has 3 rings (SSSR count). The van der Waals surface area contributed by atoms with Gasteiger partial charge in [0.15, 0.2) is 0 Å². The van der Waals surface area contributed by atoms with E-state index in [2.05, 4.69) is 29.6 Å². The molecule has 0 radical (unpaired) electrons. The van der Waals surface area contributed by atoms with E-state index in [1.807, 2.05) is 31.2 Å².